The van der Waals surface area contributed by atoms with E-state index in [0.29, 0.717) is 6.10 Å². The molecule has 0 aromatic heterocycles. The van der Waals surface area contributed by atoms with Gasteiger partial charge in [0.2, 0.25) is 0 Å². The smallest absolute Gasteiger partial charge is 0.138 e. The van der Waals surface area contributed by atoms with Crippen molar-refractivity contribution in [1.82, 2.24) is 0 Å². The van der Waals surface area contributed by atoms with Crippen molar-refractivity contribution in [3.63, 3.8) is 0 Å². The van der Waals surface area contributed by atoms with Crippen molar-refractivity contribution in [2.45, 2.75) is 52.1 Å². The minimum absolute atomic E-state index is 0.360. The molecule has 1 fully saturated rings. The lowest BCUT2D eigenvalue weighted by Gasteiger charge is -2.15. The molecule has 0 radical (unpaired) electrons. The molecule has 1 aromatic rings. The summed E-state index contributed by atoms with van der Waals surface area (Å²) >= 11 is 6.30. The number of benzene rings is 1. The molecular formula is C16H21ClO. The van der Waals surface area contributed by atoms with E-state index >= 15 is 0 Å². The van der Waals surface area contributed by atoms with E-state index in [1.54, 1.807) is 0 Å². The Morgan fingerprint density at radius 2 is 2.06 bits per heavy atom. The Balaban J connectivity index is 2.16. The van der Waals surface area contributed by atoms with Crippen LogP contribution in [0, 0.1) is 6.92 Å². The second-order valence-corrected chi connectivity index (χ2v) is 5.38. The Kier molecular flexibility index (Phi) is 4.71. The number of halogens is 1. The summed E-state index contributed by atoms with van der Waals surface area (Å²) < 4.78 is 5.99. The first-order valence-electron chi connectivity index (χ1n) is 6.84. The van der Waals surface area contributed by atoms with Gasteiger partial charge in [-0.2, -0.15) is 0 Å². The average Bonchev–Trinajstić information content (AvgIpc) is 2.84. The molecule has 0 heterocycles. The zero-order chi connectivity index (χ0) is 13.0. The fourth-order valence-electron chi connectivity index (χ4n) is 2.37. The Labute approximate surface area is 115 Å². The molecule has 0 spiro atoms. The van der Waals surface area contributed by atoms with E-state index in [9.17, 15) is 0 Å². The first kappa shape index (κ1) is 13.5. The van der Waals surface area contributed by atoms with Crippen LogP contribution in [-0.4, -0.2) is 6.10 Å². The molecule has 1 nitrogen and oxygen atoms in total. The minimum Gasteiger partial charge on any atom is -0.489 e. The van der Waals surface area contributed by atoms with E-state index < -0.39 is 0 Å². The van der Waals surface area contributed by atoms with Gasteiger partial charge in [-0.05, 0) is 62.3 Å². The van der Waals surface area contributed by atoms with Crippen LogP contribution >= 0.6 is 11.6 Å². The summed E-state index contributed by atoms with van der Waals surface area (Å²) in [4.78, 5) is 0. The van der Waals surface area contributed by atoms with Crippen LogP contribution in [0.25, 0.3) is 6.08 Å². The zero-order valence-corrected chi connectivity index (χ0v) is 12.0. The molecular weight excluding hydrogens is 244 g/mol. The van der Waals surface area contributed by atoms with Crippen LogP contribution < -0.4 is 4.74 Å². The van der Waals surface area contributed by atoms with Gasteiger partial charge in [0.1, 0.15) is 5.75 Å². The van der Waals surface area contributed by atoms with E-state index in [1.807, 2.05) is 6.07 Å². The summed E-state index contributed by atoms with van der Waals surface area (Å²) in [7, 11) is 0. The molecule has 0 unspecified atom stereocenters. The van der Waals surface area contributed by atoms with Crippen LogP contribution in [0.15, 0.2) is 18.2 Å². The topological polar surface area (TPSA) is 9.23 Å². The van der Waals surface area contributed by atoms with Gasteiger partial charge in [-0.25, -0.2) is 0 Å². The minimum atomic E-state index is 0.360. The van der Waals surface area contributed by atoms with Crippen LogP contribution in [0.5, 0.6) is 5.75 Å². The van der Waals surface area contributed by atoms with E-state index in [4.69, 9.17) is 16.3 Å². The molecule has 0 amide bonds. The standard InChI is InChI=1S/C16H21ClO/c1-3-4-7-13-11-15(17)16(10-12(13)2)18-14-8-5-6-9-14/h4,7,10-11,14H,3,5-6,8-9H2,1-2H3/b7-4-. The second kappa shape index (κ2) is 6.29. The van der Waals surface area contributed by atoms with Gasteiger partial charge in [-0.1, -0.05) is 30.7 Å². The highest BCUT2D eigenvalue weighted by Gasteiger charge is 2.18. The van der Waals surface area contributed by atoms with Crippen molar-refractivity contribution in [2.75, 3.05) is 0 Å². The lowest BCUT2D eigenvalue weighted by atomic mass is 10.1. The quantitative estimate of drug-likeness (QED) is 0.708. The third-order valence-corrected chi connectivity index (χ3v) is 3.74. The van der Waals surface area contributed by atoms with E-state index in [-0.39, 0.29) is 0 Å². The highest BCUT2D eigenvalue weighted by molar-refractivity contribution is 6.32. The molecule has 2 rings (SSSR count). The highest BCUT2D eigenvalue weighted by atomic mass is 35.5. The Hall–Kier alpha value is -0.950. The van der Waals surface area contributed by atoms with Gasteiger partial charge in [-0.3, -0.25) is 0 Å². The largest absolute Gasteiger partial charge is 0.489 e. The second-order valence-electron chi connectivity index (χ2n) is 4.97. The number of hydrogen-bond donors (Lipinski definition) is 0. The zero-order valence-electron chi connectivity index (χ0n) is 11.2. The predicted octanol–water partition coefficient (Wildman–Crippen LogP) is 5.39. The lowest BCUT2D eigenvalue weighted by Crippen LogP contribution is -2.11. The lowest BCUT2D eigenvalue weighted by molar-refractivity contribution is 0.210. The van der Waals surface area contributed by atoms with Crippen molar-refractivity contribution in [3.05, 3.63) is 34.4 Å². The fourth-order valence-corrected chi connectivity index (χ4v) is 2.59. The summed E-state index contributed by atoms with van der Waals surface area (Å²) in [6.07, 6.45) is 10.5. The molecule has 1 aromatic carbocycles. The van der Waals surface area contributed by atoms with Crippen molar-refractivity contribution >= 4 is 17.7 Å². The van der Waals surface area contributed by atoms with E-state index in [2.05, 4.69) is 32.1 Å². The number of allylic oxidation sites excluding steroid dienone is 1. The summed E-state index contributed by atoms with van der Waals surface area (Å²) in [5, 5.41) is 0.725. The molecule has 1 saturated carbocycles. The van der Waals surface area contributed by atoms with Crippen LogP contribution in [0.1, 0.15) is 50.2 Å². The molecule has 18 heavy (non-hydrogen) atoms. The van der Waals surface area contributed by atoms with Gasteiger partial charge < -0.3 is 4.74 Å². The van der Waals surface area contributed by atoms with Gasteiger partial charge in [0.05, 0.1) is 11.1 Å². The monoisotopic (exact) mass is 264 g/mol. The van der Waals surface area contributed by atoms with Crippen molar-refractivity contribution in [2.24, 2.45) is 0 Å². The number of rotatable bonds is 4. The van der Waals surface area contributed by atoms with Crippen molar-refractivity contribution < 1.29 is 4.74 Å². The van der Waals surface area contributed by atoms with Crippen LogP contribution in [0.2, 0.25) is 5.02 Å². The van der Waals surface area contributed by atoms with E-state index in [0.717, 1.165) is 30.0 Å². The first-order chi connectivity index (χ1) is 8.70. The van der Waals surface area contributed by atoms with Gasteiger partial charge in [-0.15, -0.1) is 0 Å². The van der Waals surface area contributed by atoms with Crippen molar-refractivity contribution in [3.8, 4) is 5.75 Å². The van der Waals surface area contributed by atoms with Gasteiger partial charge in [0, 0.05) is 0 Å². The Morgan fingerprint density at radius 3 is 2.72 bits per heavy atom. The van der Waals surface area contributed by atoms with E-state index in [1.165, 1.54) is 24.0 Å². The maximum Gasteiger partial charge on any atom is 0.138 e. The normalized spacial score (nSPS) is 16.6. The van der Waals surface area contributed by atoms with Gasteiger partial charge in [0.25, 0.3) is 0 Å². The molecule has 0 saturated heterocycles. The molecule has 0 atom stereocenters. The van der Waals surface area contributed by atoms with Crippen molar-refractivity contribution in [1.29, 1.82) is 0 Å². The van der Waals surface area contributed by atoms with Crippen LogP contribution in [-0.2, 0) is 0 Å². The first-order valence-corrected chi connectivity index (χ1v) is 7.22. The predicted molar refractivity (Wildman–Crippen MR) is 78.4 cm³/mol. The molecule has 1 aliphatic rings. The molecule has 1 aliphatic carbocycles. The molecule has 0 aliphatic heterocycles. The number of ether oxygens (including phenoxy) is 1. The van der Waals surface area contributed by atoms with Gasteiger partial charge >= 0.3 is 0 Å². The third kappa shape index (κ3) is 3.29. The highest BCUT2D eigenvalue weighted by Crippen LogP contribution is 2.32. The molecule has 0 N–H and O–H groups in total. The SMILES string of the molecule is CC/C=C\c1cc(Cl)c(OC2CCCC2)cc1C. The van der Waals surface area contributed by atoms with Crippen LogP contribution in [0.3, 0.4) is 0 Å². The fraction of sp³-hybridized carbons (Fsp3) is 0.500. The average molecular weight is 265 g/mol. The summed E-state index contributed by atoms with van der Waals surface area (Å²) in [5.74, 6) is 0.842. The van der Waals surface area contributed by atoms with Crippen LogP contribution in [0.4, 0.5) is 0 Å². The molecule has 98 valence electrons. The summed E-state index contributed by atoms with van der Waals surface area (Å²) in [6, 6.07) is 4.07. The summed E-state index contributed by atoms with van der Waals surface area (Å²) in [6.45, 7) is 4.23. The maximum atomic E-state index is 6.30. The third-order valence-electron chi connectivity index (χ3n) is 3.45. The Morgan fingerprint density at radius 1 is 1.33 bits per heavy atom. The number of hydrogen-bond acceptors (Lipinski definition) is 1. The maximum absolute atomic E-state index is 6.30. The van der Waals surface area contributed by atoms with Gasteiger partial charge in [0.15, 0.2) is 0 Å². The summed E-state index contributed by atoms with van der Waals surface area (Å²) in [5.41, 5.74) is 2.40. The number of aryl methyl sites for hydroxylation is 1. The molecule has 2 heteroatoms. The molecule has 0 bridgehead atoms. The Bertz CT molecular complexity index is 431.